The maximum absolute atomic E-state index is 12.8. The molecule has 0 bridgehead atoms. The summed E-state index contributed by atoms with van der Waals surface area (Å²) in [4.78, 5) is 14.7. The quantitative estimate of drug-likeness (QED) is 0.836. The molecule has 28 heavy (non-hydrogen) atoms. The molecule has 0 atom stereocenters. The standard InChI is InChI=1S/C21H25N3O3S/c1-21(2,16-9-5-4-6-10-16)20(25)22-17-11-7-12-18(15-17)28(26,27)23-19-13-8-14-24(19)3/h4-7,9-12,15H,8,13-14H2,1-3H3,(H,22,25)/b23-19-. The minimum absolute atomic E-state index is 0.0654. The monoisotopic (exact) mass is 399 g/mol. The Morgan fingerprint density at radius 3 is 2.46 bits per heavy atom. The van der Waals surface area contributed by atoms with E-state index in [0.29, 0.717) is 17.9 Å². The Hall–Kier alpha value is -2.67. The van der Waals surface area contributed by atoms with Crippen molar-refractivity contribution in [1.82, 2.24) is 4.90 Å². The summed E-state index contributed by atoms with van der Waals surface area (Å²) in [6.45, 7) is 4.47. The van der Waals surface area contributed by atoms with Gasteiger partial charge in [-0.1, -0.05) is 36.4 Å². The number of amides is 1. The molecule has 0 radical (unpaired) electrons. The number of nitrogens with one attached hydrogen (secondary N) is 1. The van der Waals surface area contributed by atoms with Gasteiger partial charge in [0.1, 0.15) is 5.84 Å². The lowest BCUT2D eigenvalue weighted by molar-refractivity contribution is -0.120. The molecule has 1 N–H and O–H groups in total. The molecule has 1 aliphatic rings. The zero-order chi connectivity index (χ0) is 20.4. The molecule has 3 rings (SSSR count). The van der Waals surface area contributed by atoms with E-state index < -0.39 is 15.4 Å². The predicted octanol–water partition coefficient (Wildman–Crippen LogP) is 3.42. The van der Waals surface area contributed by atoms with Crippen LogP contribution in [0.15, 0.2) is 63.9 Å². The van der Waals surface area contributed by atoms with E-state index in [9.17, 15) is 13.2 Å². The van der Waals surface area contributed by atoms with Crippen LogP contribution in [-0.2, 0) is 20.2 Å². The van der Waals surface area contributed by atoms with Crippen LogP contribution in [0.25, 0.3) is 0 Å². The average molecular weight is 400 g/mol. The van der Waals surface area contributed by atoms with Crippen LogP contribution in [0, 0.1) is 0 Å². The fourth-order valence-corrected chi connectivity index (χ4v) is 4.25. The maximum atomic E-state index is 12.8. The zero-order valence-corrected chi connectivity index (χ0v) is 17.2. The molecular weight excluding hydrogens is 374 g/mol. The summed E-state index contributed by atoms with van der Waals surface area (Å²) < 4.78 is 29.3. The Balaban J connectivity index is 1.83. The number of benzene rings is 2. The summed E-state index contributed by atoms with van der Waals surface area (Å²) in [7, 11) is -1.99. The van der Waals surface area contributed by atoms with Crippen LogP contribution in [-0.4, -0.2) is 38.7 Å². The van der Waals surface area contributed by atoms with Gasteiger partial charge in [-0.25, -0.2) is 0 Å². The molecule has 2 aromatic rings. The van der Waals surface area contributed by atoms with Gasteiger partial charge >= 0.3 is 0 Å². The van der Waals surface area contributed by atoms with Crippen LogP contribution in [0.1, 0.15) is 32.3 Å². The Morgan fingerprint density at radius 1 is 1.11 bits per heavy atom. The van der Waals surface area contributed by atoms with Crippen LogP contribution < -0.4 is 5.32 Å². The minimum Gasteiger partial charge on any atom is -0.362 e. The molecule has 1 heterocycles. The van der Waals surface area contributed by atoms with Crippen molar-refractivity contribution < 1.29 is 13.2 Å². The Morgan fingerprint density at radius 2 is 1.82 bits per heavy atom. The number of carbonyl (C=O) groups excluding carboxylic acids is 1. The first-order chi connectivity index (χ1) is 13.2. The molecule has 6 nitrogen and oxygen atoms in total. The third-order valence-electron chi connectivity index (χ3n) is 5.01. The molecular formula is C21H25N3O3S. The van der Waals surface area contributed by atoms with E-state index in [1.807, 2.05) is 56.1 Å². The average Bonchev–Trinajstić information content (AvgIpc) is 3.06. The van der Waals surface area contributed by atoms with Crippen LogP contribution in [0.4, 0.5) is 5.69 Å². The lowest BCUT2D eigenvalue weighted by atomic mass is 9.83. The number of nitrogens with zero attached hydrogens (tertiary/aromatic N) is 2. The number of anilines is 1. The van der Waals surface area contributed by atoms with Crippen molar-refractivity contribution >= 4 is 27.5 Å². The molecule has 148 valence electrons. The van der Waals surface area contributed by atoms with Crippen molar-refractivity contribution in [2.45, 2.75) is 37.0 Å². The van der Waals surface area contributed by atoms with Gasteiger partial charge in [-0.2, -0.15) is 8.42 Å². The molecule has 1 aliphatic heterocycles. The van der Waals surface area contributed by atoms with Gasteiger partial charge in [0, 0.05) is 25.7 Å². The third kappa shape index (κ3) is 4.25. The number of rotatable bonds is 5. The number of amidine groups is 1. The lowest BCUT2D eigenvalue weighted by Crippen LogP contribution is -2.34. The lowest BCUT2D eigenvalue weighted by Gasteiger charge is -2.24. The zero-order valence-electron chi connectivity index (χ0n) is 16.3. The van der Waals surface area contributed by atoms with Crippen molar-refractivity contribution in [3.8, 4) is 0 Å². The summed E-state index contributed by atoms with van der Waals surface area (Å²) in [6.07, 6.45) is 1.55. The van der Waals surface area contributed by atoms with Crippen LogP contribution in [0.5, 0.6) is 0 Å². The van der Waals surface area contributed by atoms with Gasteiger partial charge < -0.3 is 10.2 Å². The third-order valence-corrected chi connectivity index (χ3v) is 6.31. The number of hydrogen-bond acceptors (Lipinski definition) is 3. The summed E-state index contributed by atoms with van der Waals surface area (Å²) >= 11 is 0. The van der Waals surface area contributed by atoms with E-state index in [4.69, 9.17) is 0 Å². The predicted molar refractivity (Wildman–Crippen MR) is 111 cm³/mol. The first-order valence-corrected chi connectivity index (χ1v) is 10.7. The highest BCUT2D eigenvalue weighted by Crippen LogP contribution is 2.26. The second-order valence-electron chi connectivity index (χ2n) is 7.48. The highest BCUT2D eigenvalue weighted by Gasteiger charge is 2.30. The highest BCUT2D eigenvalue weighted by molar-refractivity contribution is 7.90. The van der Waals surface area contributed by atoms with Gasteiger partial charge in [-0.3, -0.25) is 4.79 Å². The SMILES string of the molecule is CN1CCC/C1=N/S(=O)(=O)c1cccc(NC(=O)C(C)(C)c2ccccc2)c1. The number of hydrogen-bond donors (Lipinski definition) is 1. The van der Waals surface area contributed by atoms with Crippen molar-refractivity contribution in [1.29, 1.82) is 0 Å². The molecule has 2 aromatic carbocycles. The number of sulfonamides is 1. The van der Waals surface area contributed by atoms with Crippen molar-refractivity contribution in [2.24, 2.45) is 4.40 Å². The van der Waals surface area contributed by atoms with E-state index in [0.717, 1.165) is 18.5 Å². The first-order valence-electron chi connectivity index (χ1n) is 9.22. The molecule has 0 aromatic heterocycles. The summed E-state index contributed by atoms with van der Waals surface area (Å²) in [5.41, 5.74) is 0.546. The summed E-state index contributed by atoms with van der Waals surface area (Å²) in [5, 5.41) is 2.83. The van der Waals surface area contributed by atoms with Gasteiger partial charge in [-0.05, 0) is 44.0 Å². The van der Waals surface area contributed by atoms with Crippen LogP contribution >= 0.6 is 0 Å². The largest absolute Gasteiger partial charge is 0.362 e. The van der Waals surface area contributed by atoms with Crippen molar-refractivity contribution in [3.63, 3.8) is 0 Å². The van der Waals surface area contributed by atoms with Gasteiger partial charge in [0.25, 0.3) is 10.0 Å². The Kier molecular flexibility index (Phi) is 5.56. The van der Waals surface area contributed by atoms with Gasteiger partial charge in [0.2, 0.25) is 5.91 Å². The fourth-order valence-electron chi connectivity index (χ4n) is 3.11. The molecule has 1 amide bonds. The van der Waals surface area contributed by atoms with Gasteiger partial charge in [0.05, 0.1) is 10.3 Å². The van der Waals surface area contributed by atoms with Crippen LogP contribution in [0.3, 0.4) is 0 Å². The second kappa shape index (κ2) is 7.75. The molecule has 0 saturated carbocycles. The van der Waals surface area contributed by atoms with Gasteiger partial charge in [-0.15, -0.1) is 4.40 Å². The first kappa shape index (κ1) is 20.1. The number of carbonyl (C=O) groups is 1. The highest BCUT2D eigenvalue weighted by atomic mass is 32.2. The topological polar surface area (TPSA) is 78.8 Å². The second-order valence-corrected chi connectivity index (χ2v) is 9.08. The molecule has 0 aliphatic carbocycles. The summed E-state index contributed by atoms with van der Waals surface area (Å²) in [6, 6.07) is 15.7. The van der Waals surface area contributed by atoms with E-state index >= 15 is 0 Å². The Labute approximate surface area is 166 Å². The molecule has 1 saturated heterocycles. The van der Waals surface area contributed by atoms with Crippen molar-refractivity contribution in [3.05, 3.63) is 60.2 Å². The molecule has 0 unspecified atom stereocenters. The van der Waals surface area contributed by atoms with E-state index in [-0.39, 0.29) is 10.8 Å². The maximum Gasteiger partial charge on any atom is 0.284 e. The summed E-state index contributed by atoms with van der Waals surface area (Å²) in [5.74, 6) is 0.356. The molecule has 0 spiro atoms. The van der Waals surface area contributed by atoms with Gasteiger partial charge in [0.15, 0.2) is 0 Å². The normalized spacial score (nSPS) is 16.4. The fraction of sp³-hybridized carbons (Fsp3) is 0.333. The van der Waals surface area contributed by atoms with Crippen molar-refractivity contribution in [2.75, 3.05) is 18.9 Å². The molecule has 7 heteroatoms. The smallest absolute Gasteiger partial charge is 0.284 e. The van der Waals surface area contributed by atoms with E-state index in [1.165, 1.54) is 12.1 Å². The van der Waals surface area contributed by atoms with E-state index in [1.54, 1.807) is 12.1 Å². The van der Waals surface area contributed by atoms with Crippen LogP contribution in [0.2, 0.25) is 0 Å². The molecule has 1 fully saturated rings. The minimum atomic E-state index is -3.83. The Bertz CT molecular complexity index is 999. The number of likely N-dealkylation sites (tertiary alicyclic amines) is 1. The van der Waals surface area contributed by atoms with E-state index in [2.05, 4.69) is 9.71 Å².